The number of anilines is 1. The summed E-state index contributed by atoms with van der Waals surface area (Å²) in [5, 5.41) is 5.98. The Morgan fingerprint density at radius 1 is 1.29 bits per heavy atom. The minimum atomic E-state index is -0.399. The van der Waals surface area contributed by atoms with Crippen molar-refractivity contribution in [3.05, 3.63) is 30.1 Å². The van der Waals surface area contributed by atoms with Gasteiger partial charge in [-0.15, -0.1) is 0 Å². The quantitative estimate of drug-likeness (QED) is 0.871. The Bertz CT molecular complexity index is 476. The third-order valence-corrected chi connectivity index (χ3v) is 4.35. The standard InChI is InChI=1S/C17H25FN2O/c1-12(2)13-7-3-5-9-15(13)19-11-17(21)20-16-10-6-4-8-14(16)18/h4,6,8,10,12-13,15,19H,3,5,7,9,11H2,1-2H3,(H,20,21). The van der Waals surface area contributed by atoms with Crippen LogP contribution in [0.3, 0.4) is 0 Å². The molecule has 1 aromatic carbocycles. The Hall–Kier alpha value is -1.42. The van der Waals surface area contributed by atoms with Crippen LogP contribution in [0.5, 0.6) is 0 Å². The van der Waals surface area contributed by atoms with E-state index in [0.717, 1.165) is 6.42 Å². The number of halogens is 1. The zero-order valence-electron chi connectivity index (χ0n) is 12.9. The van der Waals surface area contributed by atoms with Crippen LogP contribution >= 0.6 is 0 Å². The van der Waals surface area contributed by atoms with Gasteiger partial charge in [-0.05, 0) is 36.8 Å². The molecule has 2 rings (SSSR count). The van der Waals surface area contributed by atoms with Crippen molar-refractivity contribution in [1.29, 1.82) is 0 Å². The molecule has 0 aromatic heterocycles. The fraction of sp³-hybridized carbons (Fsp3) is 0.588. The van der Waals surface area contributed by atoms with Crippen LogP contribution in [0.1, 0.15) is 39.5 Å². The summed E-state index contributed by atoms with van der Waals surface area (Å²) < 4.78 is 13.5. The molecule has 0 saturated heterocycles. The van der Waals surface area contributed by atoms with Crippen LogP contribution in [0, 0.1) is 17.7 Å². The molecule has 0 bridgehead atoms. The van der Waals surface area contributed by atoms with E-state index in [-0.39, 0.29) is 18.1 Å². The first kappa shape index (κ1) is 16.0. The van der Waals surface area contributed by atoms with Crippen molar-refractivity contribution in [1.82, 2.24) is 5.32 Å². The molecule has 3 nitrogen and oxygen atoms in total. The summed E-state index contributed by atoms with van der Waals surface area (Å²) in [6.45, 7) is 4.72. The number of rotatable bonds is 5. The molecule has 0 heterocycles. The fourth-order valence-corrected chi connectivity index (χ4v) is 3.19. The lowest BCUT2D eigenvalue weighted by molar-refractivity contribution is -0.115. The van der Waals surface area contributed by atoms with Gasteiger partial charge in [0.25, 0.3) is 0 Å². The largest absolute Gasteiger partial charge is 0.322 e. The summed E-state index contributed by atoms with van der Waals surface area (Å²) in [4.78, 5) is 11.9. The van der Waals surface area contributed by atoms with Gasteiger partial charge in [0.05, 0.1) is 12.2 Å². The first-order valence-electron chi connectivity index (χ1n) is 7.85. The maximum absolute atomic E-state index is 13.5. The second-order valence-electron chi connectivity index (χ2n) is 6.21. The highest BCUT2D eigenvalue weighted by Gasteiger charge is 2.27. The number of hydrogen-bond donors (Lipinski definition) is 2. The average Bonchev–Trinajstić information content (AvgIpc) is 2.48. The molecular formula is C17H25FN2O. The molecule has 2 N–H and O–H groups in total. The molecule has 21 heavy (non-hydrogen) atoms. The highest BCUT2D eigenvalue weighted by molar-refractivity contribution is 5.92. The number of benzene rings is 1. The SMILES string of the molecule is CC(C)C1CCCCC1NCC(=O)Nc1ccccc1F. The van der Waals surface area contributed by atoms with Crippen molar-refractivity contribution >= 4 is 11.6 Å². The Morgan fingerprint density at radius 2 is 2.00 bits per heavy atom. The van der Waals surface area contributed by atoms with Crippen LogP contribution < -0.4 is 10.6 Å². The average molecular weight is 292 g/mol. The minimum absolute atomic E-state index is 0.187. The van der Waals surface area contributed by atoms with E-state index in [2.05, 4.69) is 24.5 Å². The Kier molecular flexibility index (Phi) is 5.74. The van der Waals surface area contributed by atoms with Gasteiger partial charge in [0.15, 0.2) is 0 Å². The summed E-state index contributed by atoms with van der Waals surface area (Å²) in [6, 6.07) is 6.63. The molecular weight excluding hydrogens is 267 g/mol. The number of carbonyl (C=O) groups excluding carboxylic acids is 1. The van der Waals surface area contributed by atoms with E-state index in [0.29, 0.717) is 17.9 Å². The smallest absolute Gasteiger partial charge is 0.238 e. The predicted molar refractivity (Wildman–Crippen MR) is 83.6 cm³/mol. The van der Waals surface area contributed by atoms with E-state index >= 15 is 0 Å². The summed E-state index contributed by atoms with van der Waals surface area (Å²) in [5.41, 5.74) is 0.244. The van der Waals surface area contributed by atoms with Crippen molar-refractivity contribution < 1.29 is 9.18 Å². The molecule has 0 aliphatic heterocycles. The molecule has 1 amide bonds. The van der Waals surface area contributed by atoms with Crippen molar-refractivity contribution in [3.8, 4) is 0 Å². The van der Waals surface area contributed by atoms with Crippen molar-refractivity contribution in [2.24, 2.45) is 11.8 Å². The molecule has 1 aliphatic carbocycles. The van der Waals surface area contributed by atoms with E-state index in [1.54, 1.807) is 18.2 Å². The fourth-order valence-electron chi connectivity index (χ4n) is 3.19. The first-order valence-corrected chi connectivity index (χ1v) is 7.85. The third kappa shape index (κ3) is 4.53. The van der Waals surface area contributed by atoms with Crippen molar-refractivity contribution in [2.45, 2.75) is 45.6 Å². The number of para-hydroxylation sites is 1. The monoisotopic (exact) mass is 292 g/mol. The first-order chi connectivity index (χ1) is 10.1. The molecule has 0 spiro atoms. The van der Waals surface area contributed by atoms with Crippen LogP contribution in [-0.2, 0) is 4.79 Å². The summed E-state index contributed by atoms with van der Waals surface area (Å²) >= 11 is 0. The van der Waals surface area contributed by atoms with Crippen LogP contribution in [0.25, 0.3) is 0 Å². The maximum Gasteiger partial charge on any atom is 0.238 e. The summed E-state index contributed by atoms with van der Waals surface area (Å²) in [6.07, 6.45) is 4.85. The predicted octanol–water partition coefficient (Wildman–Crippen LogP) is 3.57. The van der Waals surface area contributed by atoms with Gasteiger partial charge in [0.1, 0.15) is 5.82 Å². The van der Waals surface area contributed by atoms with Gasteiger partial charge in [-0.3, -0.25) is 4.79 Å². The number of amides is 1. The van der Waals surface area contributed by atoms with E-state index in [4.69, 9.17) is 0 Å². The van der Waals surface area contributed by atoms with E-state index in [9.17, 15) is 9.18 Å². The Morgan fingerprint density at radius 3 is 2.71 bits per heavy atom. The molecule has 2 unspecified atom stereocenters. The molecule has 4 heteroatoms. The number of carbonyl (C=O) groups is 1. The Balaban J connectivity index is 1.84. The minimum Gasteiger partial charge on any atom is -0.322 e. The summed E-state index contributed by atoms with van der Waals surface area (Å²) in [5.74, 6) is 0.661. The number of hydrogen-bond acceptors (Lipinski definition) is 2. The van der Waals surface area contributed by atoms with Gasteiger partial charge in [0.2, 0.25) is 5.91 Å². The van der Waals surface area contributed by atoms with Gasteiger partial charge in [-0.1, -0.05) is 38.8 Å². The molecule has 2 atom stereocenters. The normalized spacial score (nSPS) is 22.3. The summed E-state index contributed by atoms with van der Waals surface area (Å²) in [7, 11) is 0. The van der Waals surface area contributed by atoms with Gasteiger partial charge in [0, 0.05) is 6.04 Å². The highest BCUT2D eigenvalue weighted by Crippen LogP contribution is 2.30. The van der Waals surface area contributed by atoms with Crippen LogP contribution in [0.15, 0.2) is 24.3 Å². The van der Waals surface area contributed by atoms with Gasteiger partial charge < -0.3 is 10.6 Å². The maximum atomic E-state index is 13.5. The molecule has 1 aromatic rings. The lowest BCUT2D eigenvalue weighted by Gasteiger charge is -2.35. The second-order valence-corrected chi connectivity index (χ2v) is 6.21. The molecule has 1 aliphatic rings. The lowest BCUT2D eigenvalue weighted by Crippen LogP contribution is -2.44. The van der Waals surface area contributed by atoms with Gasteiger partial charge in [-0.2, -0.15) is 0 Å². The topological polar surface area (TPSA) is 41.1 Å². The lowest BCUT2D eigenvalue weighted by atomic mass is 9.78. The van der Waals surface area contributed by atoms with E-state index < -0.39 is 5.82 Å². The molecule has 116 valence electrons. The third-order valence-electron chi connectivity index (χ3n) is 4.35. The molecule has 1 fully saturated rings. The molecule has 1 saturated carbocycles. The zero-order chi connectivity index (χ0) is 15.2. The van der Waals surface area contributed by atoms with Crippen LogP contribution in [0.2, 0.25) is 0 Å². The highest BCUT2D eigenvalue weighted by atomic mass is 19.1. The second kappa shape index (κ2) is 7.55. The van der Waals surface area contributed by atoms with Gasteiger partial charge >= 0.3 is 0 Å². The zero-order valence-corrected chi connectivity index (χ0v) is 12.9. The van der Waals surface area contributed by atoms with Crippen molar-refractivity contribution in [3.63, 3.8) is 0 Å². The van der Waals surface area contributed by atoms with E-state index in [1.807, 2.05) is 0 Å². The van der Waals surface area contributed by atoms with E-state index in [1.165, 1.54) is 25.3 Å². The van der Waals surface area contributed by atoms with Crippen LogP contribution in [-0.4, -0.2) is 18.5 Å². The van der Waals surface area contributed by atoms with Crippen LogP contribution in [0.4, 0.5) is 10.1 Å². The molecule has 0 radical (unpaired) electrons. The number of nitrogens with one attached hydrogen (secondary N) is 2. The van der Waals surface area contributed by atoms with Gasteiger partial charge in [-0.25, -0.2) is 4.39 Å². The van der Waals surface area contributed by atoms with Crippen molar-refractivity contribution in [2.75, 3.05) is 11.9 Å². The Labute approximate surface area is 126 Å².